The lowest BCUT2D eigenvalue weighted by Crippen LogP contribution is -2.33. The Labute approximate surface area is 154 Å². The first-order chi connectivity index (χ1) is 12.5. The fourth-order valence-electron chi connectivity index (χ4n) is 2.10. The van der Waals surface area contributed by atoms with E-state index in [4.69, 9.17) is 4.74 Å². The molecular formula is C17H17F3N2O4S. The van der Waals surface area contributed by atoms with Gasteiger partial charge in [0.1, 0.15) is 5.75 Å². The smallest absolute Gasteiger partial charge is 0.416 e. The Bertz CT molecular complexity index is 895. The quantitative estimate of drug-likeness (QED) is 0.778. The number of rotatable bonds is 6. The zero-order valence-electron chi connectivity index (χ0n) is 14.4. The van der Waals surface area contributed by atoms with Gasteiger partial charge < -0.3 is 10.1 Å². The third kappa shape index (κ3) is 5.36. The van der Waals surface area contributed by atoms with Gasteiger partial charge >= 0.3 is 6.18 Å². The predicted molar refractivity (Wildman–Crippen MR) is 92.9 cm³/mol. The topological polar surface area (TPSA) is 84.5 Å². The maximum Gasteiger partial charge on any atom is 0.416 e. The van der Waals surface area contributed by atoms with Gasteiger partial charge in [0, 0.05) is 12.7 Å². The maximum atomic E-state index is 12.5. The van der Waals surface area contributed by atoms with E-state index in [1.54, 1.807) is 0 Å². The average molecular weight is 402 g/mol. The van der Waals surface area contributed by atoms with Crippen molar-refractivity contribution in [1.82, 2.24) is 5.32 Å². The van der Waals surface area contributed by atoms with Crippen LogP contribution in [0.5, 0.6) is 5.75 Å². The average Bonchev–Trinajstić information content (AvgIpc) is 2.60. The van der Waals surface area contributed by atoms with Gasteiger partial charge in [-0.05, 0) is 55.5 Å². The standard InChI is InChI=1S/C17H17F3N2O4S/c1-11(16(23)21-2)26-14-7-9-15(10-8-14)27(24,25)22-13-5-3-12(4-6-13)17(18,19)20/h3-11,22H,1-2H3,(H,21,23)/t11-/m1/s1. The molecule has 0 bridgehead atoms. The SMILES string of the molecule is CNC(=O)[C@@H](C)Oc1ccc(S(=O)(=O)Nc2ccc(C(F)(F)F)cc2)cc1. The number of amides is 1. The molecule has 2 aromatic carbocycles. The molecule has 146 valence electrons. The third-order valence-electron chi connectivity index (χ3n) is 3.53. The Morgan fingerprint density at radius 3 is 2.07 bits per heavy atom. The van der Waals surface area contributed by atoms with Crippen molar-refractivity contribution in [3.8, 4) is 5.75 Å². The number of alkyl halides is 3. The molecule has 0 aliphatic carbocycles. The van der Waals surface area contributed by atoms with Crippen LogP contribution in [0.1, 0.15) is 12.5 Å². The highest BCUT2D eigenvalue weighted by Crippen LogP contribution is 2.30. The maximum absolute atomic E-state index is 12.5. The van der Waals surface area contributed by atoms with Crippen molar-refractivity contribution in [2.75, 3.05) is 11.8 Å². The van der Waals surface area contributed by atoms with Crippen LogP contribution in [0.4, 0.5) is 18.9 Å². The van der Waals surface area contributed by atoms with Crippen LogP contribution in [0.2, 0.25) is 0 Å². The van der Waals surface area contributed by atoms with E-state index in [9.17, 15) is 26.4 Å². The number of hydrogen-bond acceptors (Lipinski definition) is 4. The summed E-state index contributed by atoms with van der Waals surface area (Å²) >= 11 is 0. The molecule has 6 nitrogen and oxygen atoms in total. The molecule has 0 aliphatic rings. The predicted octanol–water partition coefficient (Wildman–Crippen LogP) is 3.02. The van der Waals surface area contributed by atoms with Crippen molar-refractivity contribution < 1.29 is 31.1 Å². The van der Waals surface area contributed by atoms with E-state index in [1.165, 1.54) is 38.2 Å². The van der Waals surface area contributed by atoms with E-state index in [2.05, 4.69) is 10.0 Å². The van der Waals surface area contributed by atoms with E-state index < -0.39 is 27.9 Å². The van der Waals surface area contributed by atoms with Gasteiger partial charge in [0.2, 0.25) is 0 Å². The number of carbonyl (C=O) groups is 1. The molecule has 2 rings (SSSR count). The number of likely N-dealkylation sites (N-methyl/N-ethyl adjacent to an activating group) is 1. The summed E-state index contributed by atoms with van der Waals surface area (Å²) in [6.45, 7) is 1.54. The van der Waals surface area contributed by atoms with E-state index in [1.807, 2.05) is 0 Å². The van der Waals surface area contributed by atoms with Crippen LogP contribution in [0.3, 0.4) is 0 Å². The molecule has 0 heterocycles. The number of hydrogen-bond donors (Lipinski definition) is 2. The molecule has 2 N–H and O–H groups in total. The van der Waals surface area contributed by atoms with Crippen LogP contribution in [-0.2, 0) is 21.0 Å². The minimum Gasteiger partial charge on any atom is -0.481 e. The zero-order chi connectivity index (χ0) is 20.2. The van der Waals surface area contributed by atoms with Crippen LogP contribution in [-0.4, -0.2) is 27.5 Å². The highest BCUT2D eigenvalue weighted by molar-refractivity contribution is 7.92. The fourth-order valence-corrected chi connectivity index (χ4v) is 3.16. The molecule has 27 heavy (non-hydrogen) atoms. The molecule has 1 atom stereocenters. The molecule has 0 fully saturated rings. The summed E-state index contributed by atoms with van der Waals surface area (Å²) in [5.41, 5.74) is -0.881. The van der Waals surface area contributed by atoms with Crippen LogP contribution >= 0.6 is 0 Å². The highest BCUT2D eigenvalue weighted by Gasteiger charge is 2.30. The lowest BCUT2D eigenvalue weighted by Gasteiger charge is -2.14. The van der Waals surface area contributed by atoms with Gasteiger partial charge in [0.15, 0.2) is 6.10 Å². The number of halogens is 3. The Morgan fingerprint density at radius 1 is 1.04 bits per heavy atom. The van der Waals surface area contributed by atoms with E-state index in [0.717, 1.165) is 24.3 Å². The summed E-state index contributed by atoms with van der Waals surface area (Å²) in [5.74, 6) is -0.0461. The second-order valence-electron chi connectivity index (χ2n) is 5.53. The number of sulfonamides is 1. The number of benzene rings is 2. The molecule has 0 saturated carbocycles. The summed E-state index contributed by atoms with van der Waals surface area (Å²) in [6, 6.07) is 8.91. The molecule has 0 radical (unpaired) electrons. The van der Waals surface area contributed by atoms with Gasteiger partial charge in [-0.2, -0.15) is 13.2 Å². The van der Waals surface area contributed by atoms with Crippen molar-refractivity contribution in [3.63, 3.8) is 0 Å². The second kappa shape index (κ2) is 7.87. The van der Waals surface area contributed by atoms with E-state index >= 15 is 0 Å². The number of carbonyl (C=O) groups excluding carboxylic acids is 1. The first kappa shape index (κ1) is 20.6. The molecule has 10 heteroatoms. The van der Waals surface area contributed by atoms with Crippen LogP contribution in [0, 0.1) is 0 Å². The highest BCUT2D eigenvalue weighted by atomic mass is 32.2. The number of anilines is 1. The summed E-state index contributed by atoms with van der Waals surface area (Å²) in [7, 11) is -2.53. The number of ether oxygens (including phenoxy) is 1. The van der Waals surface area contributed by atoms with Crippen molar-refractivity contribution in [3.05, 3.63) is 54.1 Å². The van der Waals surface area contributed by atoms with Crippen LogP contribution < -0.4 is 14.8 Å². The molecule has 1 amide bonds. The molecule has 0 spiro atoms. The first-order valence-corrected chi connectivity index (χ1v) is 9.19. The van der Waals surface area contributed by atoms with E-state index in [0.29, 0.717) is 5.75 Å². The Morgan fingerprint density at radius 2 is 1.59 bits per heavy atom. The third-order valence-corrected chi connectivity index (χ3v) is 4.92. The number of nitrogens with one attached hydrogen (secondary N) is 2. The lowest BCUT2D eigenvalue weighted by atomic mass is 10.2. The monoisotopic (exact) mass is 402 g/mol. The molecule has 2 aromatic rings. The summed E-state index contributed by atoms with van der Waals surface area (Å²) < 4.78 is 69.9. The van der Waals surface area contributed by atoms with Gasteiger partial charge in [-0.25, -0.2) is 8.42 Å². The van der Waals surface area contributed by atoms with Gasteiger partial charge in [-0.3, -0.25) is 9.52 Å². The Kier molecular flexibility index (Phi) is 5.99. The molecule has 0 aliphatic heterocycles. The van der Waals surface area contributed by atoms with Crippen molar-refractivity contribution in [1.29, 1.82) is 0 Å². The lowest BCUT2D eigenvalue weighted by molar-refractivity contribution is -0.137. The Hall–Kier alpha value is -2.75. The minimum atomic E-state index is -4.50. The first-order valence-electron chi connectivity index (χ1n) is 7.71. The van der Waals surface area contributed by atoms with Gasteiger partial charge in [-0.1, -0.05) is 0 Å². The van der Waals surface area contributed by atoms with Crippen molar-refractivity contribution in [2.24, 2.45) is 0 Å². The zero-order valence-corrected chi connectivity index (χ0v) is 15.2. The van der Waals surface area contributed by atoms with Crippen molar-refractivity contribution in [2.45, 2.75) is 24.1 Å². The summed E-state index contributed by atoms with van der Waals surface area (Å²) in [6.07, 6.45) is -5.26. The Balaban J connectivity index is 2.11. The van der Waals surface area contributed by atoms with Gasteiger partial charge in [-0.15, -0.1) is 0 Å². The van der Waals surface area contributed by atoms with E-state index in [-0.39, 0.29) is 16.5 Å². The normalized spacial score (nSPS) is 12.9. The van der Waals surface area contributed by atoms with Crippen LogP contribution in [0.15, 0.2) is 53.4 Å². The largest absolute Gasteiger partial charge is 0.481 e. The molecule has 0 aromatic heterocycles. The fraction of sp³-hybridized carbons (Fsp3) is 0.235. The van der Waals surface area contributed by atoms with Crippen molar-refractivity contribution >= 4 is 21.6 Å². The minimum absolute atomic E-state index is 0.00318. The molecule has 0 unspecified atom stereocenters. The van der Waals surface area contributed by atoms with Gasteiger partial charge in [0.25, 0.3) is 15.9 Å². The van der Waals surface area contributed by atoms with Crippen LogP contribution in [0.25, 0.3) is 0 Å². The van der Waals surface area contributed by atoms with Gasteiger partial charge in [0.05, 0.1) is 10.5 Å². The summed E-state index contributed by atoms with van der Waals surface area (Å²) in [4.78, 5) is 11.3. The molecule has 0 saturated heterocycles. The summed E-state index contributed by atoms with van der Waals surface area (Å²) in [5, 5.41) is 2.42. The molecular weight excluding hydrogens is 385 g/mol. The second-order valence-corrected chi connectivity index (χ2v) is 7.21.